The van der Waals surface area contributed by atoms with Gasteiger partial charge in [0.2, 0.25) is 0 Å². The van der Waals surface area contributed by atoms with E-state index in [1.165, 1.54) is 17.0 Å². The number of aromatic nitrogens is 3. The van der Waals surface area contributed by atoms with E-state index in [4.69, 9.17) is 16.9 Å². The number of carbonyl (C=O) groups excluding carboxylic acids is 2. The molecular weight excluding hydrogens is 984 g/mol. The third-order valence-electron chi connectivity index (χ3n) is 13.3. The lowest BCUT2D eigenvalue weighted by Gasteiger charge is -2.37. The van der Waals surface area contributed by atoms with Gasteiger partial charge in [0.15, 0.2) is 17.0 Å². The first-order valence-corrected chi connectivity index (χ1v) is 24.5. The van der Waals surface area contributed by atoms with Gasteiger partial charge in [-0.15, -0.1) is 13.2 Å². The minimum absolute atomic E-state index is 0.122. The van der Waals surface area contributed by atoms with Crippen molar-refractivity contribution in [1.82, 2.24) is 24.8 Å². The molecule has 4 amide bonds. The van der Waals surface area contributed by atoms with E-state index in [9.17, 15) is 22.8 Å². The van der Waals surface area contributed by atoms with Gasteiger partial charge in [-0.25, -0.2) is 22.8 Å². The molecule has 0 bridgehead atoms. The second-order valence-corrected chi connectivity index (χ2v) is 18.9. The molecule has 3 aromatic heterocycles. The van der Waals surface area contributed by atoms with E-state index in [1.54, 1.807) is 85.0 Å². The monoisotopic (exact) mass is 1040 g/mol. The Balaban J connectivity index is 0.000000163. The van der Waals surface area contributed by atoms with E-state index < -0.39 is 29.4 Å². The van der Waals surface area contributed by atoms with Crippen molar-refractivity contribution in [1.29, 1.82) is 5.26 Å². The van der Waals surface area contributed by atoms with Crippen LogP contribution in [0, 0.1) is 32.1 Å². The zero-order valence-corrected chi connectivity index (χ0v) is 41.9. The highest BCUT2D eigenvalue weighted by Crippen LogP contribution is 2.40. The summed E-state index contributed by atoms with van der Waals surface area (Å²) in [4.78, 5) is 42.6. The predicted octanol–water partition coefficient (Wildman–Crippen LogP) is 13.0. The van der Waals surface area contributed by atoms with Crippen LogP contribution in [0.4, 0.5) is 53.0 Å². The first-order chi connectivity index (χ1) is 35.3. The van der Waals surface area contributed by atoms with Crippen molar-refractivity contribution in [3.8, 4) is 11.8 Å². The molecule has 0 saturated carbocycles. The minimum Gasteiger partial charge on any atom is -0.406 e. The van der Waals surface area contributed by atoms with Crippen LogP contribution in [0.15, 0.2) is 128 Å². The largest absolute Gasteiger partial charge is 0.573 e. The summed E-state index contributed by atoms with van der Waals surface area (Å²) in [6.45, 7) is 7.99. The average Bonchev–Trinajstić information content (AvgIpc) is 3.38. The van der Waals surface area contributed by atoms with Crippen LogP contribution in [0.2, 0.25) is 5.02 Å². The fourth-order valence-electron chi connectivity index (χ4n) is 9.25. The lowest BCUT2D eigenvalue weighted by atomic mass is 9.87. The maximum atomic E-state index is 15.3. The van der Waals surface area contributed by atoms with Crippen molar-refractivity contribution >= 4 is 40.7 Å². The van der Waals surface area contributed by atoms with Gasteiger partial charge in [-0.3, -0.25) is 15.0 Å². The summed E-state index contributed by atoms with van der Waals surface area (Å²) in [6.07, 6.45) is 1.67. The second kappa shape index (κ2) is 23.7. The van der Waals surface area contributed by atoms with Crippen molar-refractivity contribution in [2.24, 2.45) is 0 Å². The molecule has 6 heterocycles. The number of piperidine rings is 3. The molecule has 74 heavy (non-hydrogen) atoms. The van der Waals surface area contributed by atoms with Gasteiger partial charge in [0.05, 0.1) is 28.7 Å². The molecule has 0 atom stereocenters. The first kappa shape index (κ1) is 54.4. The third kappa shape index (κ3) is 14.0. The van der Waals surface area contributed by atoms with Crippen LogP contribution in [-0.2, 0) is 17.0 Å². The Labute approximate surface area is 431 Å². The van der Waals surface area contributed by atoms with Gasteiger partial charge < -0.3 is 30.1 Å². The number of rotatable bonds is 7. The minimum atomic E-state index is -4.77. The Hall–Kier alpha value is -7.39. The molecule has 19 heteroatoms. The van der Waals surface area contributed by atoms with E-state index in [0.717, 1.165) is 34.5 Å². The molecule has 388 valence electrons. The lowest BCUT2D eigenvalue weighted by molar-refractivity contribution is -0.274. The van der Waals surface area contributed by atoms with Gasteiger partial charge in [0.1, 0.15) is 5.75 Å². The van der Waals surface area contributed by atoms with E-state index in [-0.39, 0.29) is 50.6 Å². The number of anilines is 3. The van der Waals surface area contributed by atoms with E-state index in [0.29, 0.717) is 78.1 Å². The highest BCUT2D eigenvalue weighted by atomic mass is 35.5. The number of nitriles is 1. The Morgan fingerprint density at radius 2 is 0.946 bits per heavy atom. The number of ether oxygens (including phenoxy) is 1. The smallest absolute Gasteiger partial charge is 0.406 e. The third-order valence-corrected chi connectivity index (χ3v) is 13.6. The number of amides is 4. The number of halogens is 7. The Morgan fingerprint density at radius 1 is 0.581 bits per heavy atom. The first-order valence-electron chi connectivity index (χ1n) is 24.1. The van der Waals surface area contributed by atoms with Crippen LogP contribution in [0.3, 0.4) is 0 Å². The zero-order chi connectivity index (χ0) is 53.1. The fraction of sp³-hybridized carbons (Fsp3) is 0.345. The molecule has 0 unspecified atom stereocenters. The number of nitrogens with zero attached hydrogens (tertiary/aromatic N) is 7. The average molecular weight is 1040 g/mol. The number of urea groups is 2. The molecule has 2 N–H and O–H groups in total. The van der Waals surface area contributed by atoms with Crippen LogP contribution in [-0.4, -0.2) is 82.4 Å². The summed E-state index contributed by atoms with van der Waals surface area (Å²) in [5.74, 6) is -0.378. The molecular formula is C55H56ClF6N9O3. The summed E-state index contributed by atoms with van der Waals surface area (Å²) in [6, 6.07) is 31.6. The molecule has 3 aromatic carbocycles. The Morgan fingerprint density at radius 3 is 1.30 bits per heavy atom. The van der Waals surface area contributed by atoms with Crippen molar-refractivity contribution in [3.63, 3.8) is 0 Å². The number of nitrogens with one attached hydrogen (secondary N) is 2. The van der Waals surface area contributed by atoms with Gasteiger partial charge in [0.25, 0.3) is 0 Å². The van der Waals surface area contributed by atoms with E-state index in [2.05, 4.69) is 41.3 Å². The number of hydrogen-bond donors (Lipinski definition) is 2. The molecule has 3 aliphatic rings. The van der Waals surface area contributed by atoms with Gasteiger partial charge >= 0.3 is 18.4 Å². The van der Waals surface area contributed by atoms with Crippen molar-refractivity contribution in [3.05, 3.63) is 172 Å². The fourth-order valence-corrected chi connectivity index (χ4v) is 9.37. The van der Waals surface area contributed by atoms with Crippen LogP contribution in [0.1, 0.15) is 77.9 Å². The van der Waals surface area contributed by atoms with Gasteiger partial charge in [0, 0.05) is 118 Å². The number of carbonyl (C=O) groups is 2. The molecule has 3 saturated heterocycles. The Kier molecular flexibility index (Phi) is 17.4. The normalized spacial score (nSPS) is 16.7. The summed E-state index contributed by atoms with van der Waals surface area (Å²) >= 11 is 5.83. The van der Waals surface area contributed by atoms with Crippen molar-refractivity contribution in [2.75, 3.05) is 54.8 Å². The molecule has 0 radical (unpaired) electrons. The molecule has 9 rings (SSSR count). The summed E-state index contributed by atoms with van der Waals surface area (Å²) in [5, 5.41) is 14.8. The highest BCUT2D eigenvalue weighted by molar-refractivity contribution is 6.30. The van der Waals surface area contributed by atoms with Gasteiger partial charge in [-0.1, -0.05) is 29.8 Å². The lowest BCUT2D eigenvalue weighted by Crippen LogP contribution is -2.45. The van der Waals surface area contributed by atoms with Crippen LogP contribution in [0.25, 0.3) is 0 Å². The molecule has 0 aliphatic carbocycles. The number of alkyl halides is 6. The number of likely N-dealkylation sites (tertiary alicyclic amines) is 2. The van der Waals surface area contributed by atoms with Crippen LogP contribution < -0.4 is 20.3 Å². The van der Waals surface area contributed by atoms with Gasteiger partial charge in [-0.2, -0.15) is 5.26 Å². The molecule has 3 aliphatic heterocycles. The highest BCUT2D eigenvalue weighted by Gasteiger charge is 2.42. The maximum absolute atomic E-state index is 15.3. The zero-order valence-electron chi connectivity index (χ0n) is 41.1. The number of benzene rings is 3. The number of pyridine rings is 3. The summed E-state index contributed by atoms with van der Waals surface area (Å²) < 4.78 is 86.1. The molecule has 12 nitrogen and oxygen atoms in total. The predicted molar refractivity (Wildman–Crippen MR) is 272 cm³/mol. The maximum Gasteiger partial charge on any atom is 0.573 e. The summed E-state index contributed by atoms with van der Waals surface area (Å²) in [7, 11) is 0. The quantitative estimate of drug-likeness (QED) is 0.151. The SMILES string of the molecule is Cc1cccnc1C1(F)CCN(C(=O)Nc2ccc(Cl)cc2)CC1.Cc1cccnc1C1(F)CCN(C(=O)Nc2ccc(OC(F)(F)F)cc2)CC1.Cc1cccnc1C1(F)CCN(c2ccc(C#N)cc2)CC1. The number of hydrogen-bond acceptors (Lipinski definition) is 8. The van der Waals surface area contributed by atoms with Crippen molar-refractivity contribution < 1.29 is 40.7 Å². The van der Waals surface area contributed by atoms with Crippen LogP contribution >= 0.6 is 11.6 Å². The van der Waals surface area contributed by atoms with Gasteiger partial charge in [-0.05, 0) is 128 Å². The molecule has 6 aromatic rings. The molecule has 3 fully saturated rings. The van der Waals surface area contributed by atoms with Crippen LogP contribution in [0.5, 0.6) is 5.75 Å². The van der Waals surface area contributed by atoms with Crippen molar-refractivity contribution in [2.45, 2.75) is 82.7 Å². The standard InChI is InChI=1S/C19H19F4N3O2.C18H19ClFN3O.C18H18FN3/c1-13-3-2-10-24-16(13)18(20)8-11-26(12-9-18)17(27)25-14-4-6-15(7-5-14)28-19(21,22)23;1-13-3-2-10-21-16(13)18(20)8-11-23(12-9-18)17(24)22-15-6-4-14(19)5-7-15;1-14-3-2-10-21-17(14)18(19)8-11-22(12-9-18)16-6-4-15(13-20)5-7-16/h2-7,10H,8-9,11-12H2,1H3,(H,25,27);2-7,10H,8-9,11-12H2,1H3,(H,22,24);2-7,10H,8-9,11-12H2,1H3. The topological polar surface area (TPSA) is 140 Å². The second-order valence-electron chi connectivity index (χ2n) is 18.5. The Bertz CT molecular complexity index is 2880. The van der Waals surface area contributed by atoms with E-state index in [1.807, 2.05) is 44.2 Å². The molecule has 0 spiro atoms. The summed E-state index contributed by atoms with van der Waals surface area (Å²) in [5.41, 5.74) is 2.27. The van der Waals surface area contributed by atoms with E-state index >= 15 is 13.2 Å². The number of aryl methyl sites for hydroxylation is 3.